The minimum absolute atomic E-state index is 0.157. The SMILES string of the molecule is [2H]C([2H])([2H])c1cc(-c2ccccc2)ncc1CCc1cc(CCc2cnc(-c3ccccc3)cc2C([2H])([2H])[2H])cc(-c2ccccc2-c2cnc(-c3cccc(-c4cccc(-c5ccccc5)c4)c3)cc2C([2H])([2H])[2H])c1. The molecule has 67 heavy (non-hydrogen) atoms. The van der Waals surface area contributed by atoms with E-state index in [1.165, 1.54) is 0 Å². The van der Waals surface area contributed by atoms with Gasteiger partial charge in [-0.1, -0.05) is 170 Å². The average Bonchev–Trinajstić information content (AvgIpc) is 3.46. The zero-order chi connectivity index (χ0) is 53.0. The molecule has 10 aromatic rings. The molecule has 0 aliphatic heterocycles. The topological polar surface area (TPSA) is 38.7 Å². The first-order valence-corrected chi connectivity index (χ1v) is 22.6. The van der Waals surface area contributed by atoms with Crippen molar-refractivity contribution in [2.75, 3.05) is 0 Å². The number of aryl methyl sites for hydroxylation is 7. The monoisotopic (exact) mass is 872 g/mol. The van der Waals surface area contributed by atoms with Crippen LogP contribution in [0.4, 0.5) is 0 Å². The van der Waals surface area contributed by atoms with Crippen LogP contribution in [0.3, 0.4) is 0 Å². The molecular weight excluding hydrogens is 811 g/mol. The maximum Gasteiger partial charge on any atom is 0.0705 e. The summed E-state index contributed by atoms with van der Waals surface area (Å²) in [6.07, 6.45) is 6.66. The van der Waals surface area contributed by atoms with E-state index in [1.807, 2.05) is 133 Å². The first-order valence-electron chi connectivity index (χ1n) is 27.1. The molecular formula is C64H53N3. The Morgan fingerprint density at radius 2 is 0.716 bits per heavy atom. The second-order valence-electron chi connectivity index (χ2n) is 16.9. The minimum Gasteiger partial charge on any atom is -0.256 e. The lowest BCUT2D eigenvalue weighted by Gasteiger charge is -2.16. The first-order chi connectivity index (χ1) is 36.5. The molecule has 3 nitrogen and oxygen atoms in total. The lowest BCUT2D eigenvalue weighted by atomic mass is 9.89. The molecule has 0 aliphatic rings. The maximum atomic E-state index is 8.88. The zero-order valence-corrected chi connectivity index (χ0v) is 37.0. The highest BCUT2D eigenvalue weighted by atomic mass is 14.7. The fraction of sp³-hybridized carbons (Fsp3) is 0.109. The number of benzene rings is 7. The summed E-state index contributed by atoms with van der Waals surface area (Å²) >= 11 is 0. The van der Waals surface area contributed by atoms with Gasteiger partial charge in [0.1, 0.15) is 0 Å². The molecule has 3 heterocycles. The highest BCUT2D eigenvalue weighted by Gasteiger charge is 2.15. The van der Waals surface area contributed by atoms with Crippen LogP contribution in [0.25, 0.3) is 78.3 Å². The van der Waals surface area contributed by atoms with Gasteiger partial charge >= 0.3 is 0 Å². The zero-order valence-electron chi connectivity index (χ0n) is 46.0. The number of hydrogen-bond acceptors (Lipinski definition) is 3. The number of nitrogens with zero attached hydrogens (tertiary/aromatic N) is 3. The molecule has 0 saturated carbocycles. The molecule has 0 N–H and O–H groups in total. The van der Waals surface area contributed by atoms with E-state index in [9.17, 15) is 0 Å². The van der Waals surface area contributed by atoms with Crippen LogP contribution in [0.15, 0.2) is 219 Å². The van der Waals surface area contributed by atoms with Gasteiger partial charge in [-0.05, 0) is 154 Å². The largest absolute Gasteiger partial charge is 0.256 e. The first kappa shape index (κ1) is 33.5. The quantitative estimate of drug-likeness (QED) is 0.116. The van der Waals surface area contributed by atoms with Gasteiger partial charge in [-0.3, -0.25) is 15.0 Å². The van der Waals surface area contributed by atoms with Gasteiger partial charge in [-0.25, -0.2) is 0 Å². The van der Waals surface area contributed by atoms with Gasteiger partial charge < -0.3 is 0 Å². The van der Waals surface area contributed by atoms with Crippen molar-refractivity contribution < 1.29 is 12.3 Å². The van der Waals surface area contributed by atoms with E-state index in [-0.39, 0.29) is 16.7 Å². The van der Waals surface area contributed by atoms with Gasteiger partial charge in [-0.15, -0.1) is 0 Å². The Morgan fingerprint density at radius 3 is 1.27 bits per heavy atom. The third kappa shape index (κ3) is 9.83. The maximum absolute atomic E-state index is 8.88. The van der Waals surface area contributed by atoms with Gasteiger partial charge in [0.15, 0.2) is 0 Å². The smallest absolute Gasteiger partial charge is 0.0705 e. The normalized spacial score (nSPS) is 13.7. The van der Waals surface area contributed by atoms with Crippen LogP contribution in [0.1, 0.15) is 51.3 Å². The fourth-order valence-electron chi connectivity index (χ4n) is 8.83. The summed E-state index contributed by atoms with van der Waals surface area (Å²) in [6.45, 7) is -7.29. The van der Waals surface area contributed by atoms with Crippen molar-refractivity contribution >= 4 is 0 Å². The lowest BCUT2D eigenvalue weighted by molar-refractivity contribution is 0.913. The lowest BCUT2D eigenvalue weighted by Crippen LogP contribution is -2.01. The second kappa shape index (κ2) is 19.6. The van der Waals surface area contributed by atoms with Crippen LogP contribution in [-0.4, -0.2) is 15.0 Å². The molecule has 0 spiro atoms. The van der Waals surface area contributed by atoms with Crippen LogP contribution in [0, 0.1) is 20.6 Å². The van der Waals surface area contributed by atoms with E-state index in [2.05, 4.69) is 48.5 Å². The van der Waals surface area contributed by atoms with Crippen LogP contribution in [0.5, 0.6) is 0 Å². The number of pyridine rings is 3. The Bertz CT molecular complexity index is 3540. The Morgan fingerprint density at radius 1 is 0.299 bits per heavy atom. The van der Waals surface area contributed by atoms with Gasteiger partial charge in [0.2, 0.25) is 0 Å². The summed E-state index contributed by atoms with van der Waals surface area (Å²) in [6, 6.07) is 64.5. The molecule has 0 radical (unpaired) electrons. The van der Waals surface area contributed by atoms with E-state index in [0.717, 1.165) is 61.2 Å². The summed E-state index contributed by atoms with van der Waals surface area (Å²) in [5, 5.41) is 0. The molecule has 10 rings (SSSR count). The molecule has 0 saturated heterocycles. The molecule has 7 aromatic carbocycles. The van der Waals surface area contributed by atoms with E-state index in [1.54, 1.807) is 36.8 Å². The average molecular weight is 873 g/mol. The summed E-state index contributed by atoms with van der Waals surface area (Å²) in [5.41, 5.74) is 14.8. The molecule has 0 bridgehead atoms. The summed E-state index contributed by atoms with van der Waals surface area (Å²) in [7, 11) is 0. The molecule has 0 amide bonds. The highest BCUT2D eigenvalue weighted by Crippen LogP contribution is 2.37. The Balaban J connectivity index is 1.03. The molecule has 0 aliphatic carbocycles. The van der Waals surface area contributed by atoms with Crippen LogP contribution < -0.4 is 0 Å². The molecule has 0 atom stereocenters. The third-order valence-electron chi connectivity index (χ3n) is 12.4. The van der Waals surface area contributed by atoms with Crippen molar-refractivity contribution in [2.45, 2.75) is 46.2 Å². The van der Waals surface area contributed by atoms with Crippen molar-refractivity contribution in [1.29, 1.82) is 0 Å². The van der Waals surface area contributed by atoms with E-state index in [4.69, 9.17) is 27.3 Å². The van der Waals surface area contributed by atoms with Crippen LogP contribution in [0.2, 0.25) is 0 Å². The van der Waals surface area contributed by atoms with E-state index < -0.39 is 20.6 Å². The van der Waals surface area contributed by atoms with Crippen LogP contribution >= 0.6 is 0 Å². The molecule has 0 unspecified atom stereocenters. The van der Waals surface area contributed by atoms with Crippen LogP contribution in [-0.2, 0) is 25.7 Å². The molecule has 324 valence electrons. The third-order valence-corrected chi connectivity index (χ3v) is 12.4. The molecule has 3 heteroatoms. The van der Waals surface area contributed by atoms with Gasteiger partial charge in [0.05, 0.1) is 17.1 Å². The van der Waals surface area contributed by atoms with E-state index >= 15 is 0 Å². The van der Waals surface area contributed by atoms with Crippen molar-refractivity contribution in [2.24, 2.45) is 0 Å². The highest BCUT2D eigenvalue weighted by molar-refractivity contribution is 5.86. The van der Waals surface area contributed by atoms with E-state index in [0.29, 0.717) is 65.0 Å². The van der Waals surface area contributed by atoms with Crippen molar-refractivity contribution in [3.05, 3.63) is 258 Å². The molecule has 0 fully saturated rings. The van der Waals surface area contributed by atoms with Crippen molar-refractivity contribution in [3.8, 4) is 78.3 Å². The fourth-order valence-corrected chi connectivity index (χ4v) is 8.83. The van der Waals surface area contributed by atoms with Crippen molar-refractivity contribution in [3.63, 3.8) is 0 Å². The van der Waals surface area contributed by atoms with Gasteiger partial charge in [-0.2, -0.15) is 0 Å². The Labute approximate surface area is 408 Å². The predicted molar refractivity (Wildman–Crippen MR) is 280 cm³/mol. The minimum atomic E-state index is -2.51. The summed E-state index contributed by atoms with van der Waals surface area (Å²) in [4.78, 5) is 14.4. The summed E-state index contributed by atoms with van der Waals surface area (Å²) < 4.78 is 77.8. The van der Waals surface area contributed by atoms with Gasteiger partial charge in [0, 0.05) is 53.2 Å². The Hall–Kier alpha value is -8.01. The Kier molecular flexibility index (Phi) is 9.80. The molecule has 3 aromatic heterocycles. The standard InChI is InChI=1S/C64H53N3/c1-44-33-62(50-19-9-5-10-20-50)65-41-56(44)31-29-47-36-48(30-32-57-42-66-63(34-45(57)2)51-21-11-6-12-22-51)38-58(37-47)59-27-13-14-28-60(59)61-43-67-64(35-46(61)3)55-26-16-25-54(40-55)53-24-15-23-52(39-53)49-17-7-4-8-18-49/h4-28,33-43H,29-32H2,1-3H3/i1D3,2D3,3D3. The predicted octanol–water partition coefficient (Wildman–Crippen LogP) is 16.0. The number of rotatable bonds is 13. The number of hydrogen-bond donors (Lipinski definition) is 0. The number of aromatic nitrogens is 3. The van der Waals surface area contributed by atoms with Crippen molar-refractivity contribution in [1.82, 2.24) is 15.0 Å². The van der Waals surface area contributed by atoms with Gasteiger partial charge in [0.25, 0.3) is 0 Å². The second-order valence-corrected chi connectivity index (χ2v) is 16.9. The summed E-state index contributed by atoms with van der Waals surface area (Å²) in [5.74, 6) is 0.